The summed E-state index contributed by atoms with van der Waals surface area (Å²) in [5.41, 5.74) is 3.80. The highest BCUT2D eigenvalue weighted by Crippen LogP contribution is 2.12. The van der Waals surface area contributed by atoms with Crippen LogP contribution in [0.15, 0.2) is 23.1 Å². The molecule has 0 radical (unpaired) electrons. The summed E-state index contributed by atoms with van der Waals surface area (Å²) >= 11 is 0. The van der Waals surface area contributed by atoms with Gasteiger partial charge in [-0.25, -0.2) is 9.50 Å². The van der Waals surface area contributed by atoms with Crippen LogP contribution in [0.5, 0.6) is 0 Å². The molecule has 0 aliphatic heterocycles. The molecule has 138 valence electrons. The minimum Gasteiger partial charge on any atom is -0.348 e. The molecule has 26 heavy (non-hydrogen) atoms. The zero-order chi connectivity index (χ0) is 18.8. The summed E-state index contributed by atoms with van der Waals surface area (Å²) in [5, 5.41) is 10.2. The Morgan fingerprint density at radius 3 is 2.81 bits per heavy atom. The van der Waals surface area contributed by atoms with Gasteiger partial charge in [0.2, 0.25) is 5.91 Å². The largest absolute Gasteiger partial charge is 0.348 e. The topological polar surface area (TPSA) is 97.1 Å². The molecule has 3 aromatic heterocycles. The van der Waals surface area contributed by atoms with Crippen LogP contribution in [-0.4, -0.2) is 30.3 Å². The number of nitrogens with one attached hydrogen (secondary N) is 2. The molecule has 0 aliphatic rings. The number of aryl methyl sites for hydroxylation is 4. The predicted octanol–water partition coefficient (Wildman–Crippen LogP) is 1.67. The van der Waals surface area contributed by atoms with Gasteiger partial charge in [0.05, 0.1) is 17.4 Å². The summed E-state index contributed by atoms with van der Waals surface area (Å²) in [5.74, 6) is -0.0756. The quantitative estimate of drug-likeness (QED) is 0.702. The molecule has 0 saturated carbocycles. The molecule has 3 heterocycles. The van der Waals surface area contributed by atoms with Crippen molar-refractivity contribution < 1.29 is 4.79 Å². The fraction of sp³-hybridized carbons (Fsp3) is 0.444. The maximum Gasteiger partial charge on any atom is 0.272 e. The Balaban J connectivity index is 1.65. The average Bonchev–Trinajstić information content (AvgIpc) is 3.14. The fourth-order valence-electron chi connectivity index (χ4n) is 2.95. The van der Waals surface area contributed by atoms with Gasteiger partial charge in [-0.05, 0) is 39.7 Å². The van der Waals surface area contributed by atoms with Gasteiger partial charge in [-0.1, -0.05) is 0 Å². The summed E-state index contributed by atoms with van der Waals surface area (Å²) in [6.07, 6.45) is 2.98. The zero-order valence-corrected chi connectivity index (χ0v) is 15.5. The molecule has 1 amide bonds. The van der Waals surface area contributed by atoms with E-state index in [2.05, 4.69) is 20.5 Å². The molecule has 0 unspecified atom stereocenters. The minimum absolute atomic E-state index is 0.0756. The van der Waals surface area contributed by atoms with Crippen molar-refractivity contribution >= 4 is 11.6 Å². The van der Waals surface area contributed by atoms with Crippen LogP contribution in [0.25, 0.3) is 5.65 Å². The van der Waals surface area contributed by atoms with Crippen LogP contribution in [0.2, 0.25) is 0 Å². The molecule has 3 aromatic rings. The van der Waals surface area contributed by atoms with Crippen LogP contribution in [-0.2, 0) is 17.8 Å². The van der Waals surface area contributed by atoms with E-state index < -0.39 is 0 Å². The van der Waals surface area contributed by atoms with Crippen LogP contribution < -0.4 is 10.9 Å². The molecule has 0 saturated heterocycles. The highest BCUT2D eigenvalue weighted by Gasteiger charge is 2.14. The Bertz CT molecular complexity index is 997. The summed E-state index contributed by atoms with van der Waals surface area (Å²) in [4.78, 5) is 28.9. The molecule has 1 atom stereocenters. The molecule has 0 fully saturated rings. The molecular weight excluding hydrogens is 332 g/mol. The van der Waals surface area contributed by atoms with Gasteiger partial charge in [0.25, 0.3) is 5.56 Å². The molecule has 0 aliphatic carbocycles. The van der Waals surface area contributed by atoms with Crippen molar-refractivity contribution in [3.05, 3.63) is 51.3 Å². The molecule has 2 N–H and O–H groups in total. The molecule has 8 heteroatoms. The lowest BCUT2D eigenvalue weighted by Gasteiger charge is -2.13. The Hall–Kier alpha value is -2.90. The number of H-pyrrole nitrogens is 1. The predicted molar refractivity (Wildman–Crippen MR) is 98.1 cm³/mol. The van der Waals surface area contributed by atoms with E-state index in [-0.39, 0.29) is 17.5 Å². The first kappa shape index (κ1) is 17.9. The van der Waals surface area contributed by atoms with E-state index in [1.807, 2.05) is 38.6 Å². The Morgan fingerprint density at radius 2 is 2.12 bits per heavy atom. The second kappa shape index (κ2) is 7.15. The number of nitrogens with zero attached hydrogens (tertiary/aromatic N) is 4. The van der Waals surface area contributed by atoms with Gasteiger partial charge < -0.3 is 5.32 Å². The third-order valence-corrected chi connectivity index (χ3v) is 4.41. The lowest BCUT2D eigenvalue weighted by Crippen LogP contribution is -2.29. The summed E-state index contributed by atoms with van der Waals surface area (Å²) in [7, 11) is 0. The highest BCUT2D eigenvalue weighted by molar-refractivity contribution is 5.76. The molecule has 0 spiro atoms. The number of fused-ring (bicyclic) bond motifs is 1. The van der Waals surface area contributed by atoms with Gasteiger partial charge in [-0.15, -0.1) is 0 Å². The van der Waals surface area contributed by atoms with Gasteiger partial charge in [0, 0.05) is 37.0 Å². The summed E-state index contributed by atoms with van der Waals surface area (Å²) in [6.45, 7) is 8.49. The van der Waals surface area contributed by atoms with E-state index in [9.17, 15) is 9.59 Å². The van der Waals surface area contributed by atoms with Gasteiger partial charge in [-0.2, -0.15) is 5.10 Å². The minimum atomic E-state index is -0.338. The number of hydrogen-bond acceptors (Lipinski definition) is 4. The monoisotopic (exact) mass is 356 g/mol. The van der Waals surface area contributed by atoms with E-state index in [1.165, 1.54) is 10.6 Å². The smallest absolute Gasteiger partial charge is 0.272 e. The van der Waals surface area contributed by atoms with E-state index >= 15 is 0 Å². The van der Waals surface area contributed by atoms with E-state index in [0.717, 1.165) is 23.5 Å². The molecule has 0 bridgehead atoms. The van der Waals surface area contributed by atoms with Crippen molar-refractivity contribution in [2.75, 3.05) is 0 Å². The number of aromatic nitrogens is 5. The van der Waals surface area contributed by atoms with Crippen LogP contribution >= 0.6 is 0 Å². The number of amides is 1. The lowest BCUT2D eigenvalue weighted by atomic mass is 10.1. The van der Waals surface area contributed by atoms with E-state index in [0.29, 0.717) is 24.2 Å². The van der Waals surface area contributed by atoms with Crippen molar-refractivity contribution in [1.82, 2.24) is 29.7 Å². The molecule has 8 nitrogen and oxygen atoms in total. The van der Waals surface area contributed by atoms with Crippen LogP contribution in [0.3, 0.4) is 0 Å². The highest BCUT2D eigenvalue weighted by atomic mass is 16.1. The third-order valence-electron chi connectivity index (χ3n) is 4.41. The number of aromatic amines is 1. The standard InChI is InChI=1S/C18H24N6O2/c1-5-23-10-14(12(3)22-23)6-7-17(25)19-13(4)15-9-18(26)24-16(20-15)8-11(2)21-24/h8-10,13,21H,5-7H2,1-4H3,(H,19,25)/t13-/m0/s1. The van der Waals surface area contributed by atoms with Crippen molar-refractivity contribution in [2.24, 2.45) is 0 Å². The van der Waals surface area contributed by atoms with Crippen molar-refractivity contribution in [3.8, 4) is 0 Å². The molecule has 0 aromatic carbocycles. The number of hydrogen-bond donors (Lipinski definition) is 2. The van der Waals surface area contributed by atoms with Crippen molar-refractivity contribution in [2.45, 2.75) is 53.1 Å². The van der Waals surface area contributed by atoms with Crippen LogP contribution in [0.4, 0.5) is 0 Å². The van der Waals surface area contributed by atoms with Gasteiger partial charge in [-0.3, -0.25) is 19.4 Å². The van der Waals surface area contributed by atoms with Gasteiger partial charge in [0.15, 0.2) is 5.65 Å². The first-order valence-corrected chi connectivity index (χ1v) is 8.79. The Kier molecular flexibility index (Phi) is 4.92. The fourth-order valence-corrected chi connectivity index (χ4v) is 2.95. The summed E-state index contributed by atoms with van der Waals surface area (Å²) < 4.78 is 3.26. The third kappa shape index (κ3) is 3.68. The second-order valence-electron chi connectivity index (χ2n) is 6.54. The first-order valence-electron chi connectivity index (χ1n) is 8.79. The van der Waals surface area contributed by atoms with Gasteiger partial charge in [0.1, 0.15) is 0 Å². The van der Waals surface area contributed by atoms with Crippen LogP contribution in [0.1, 0.15) is 49.0 Å². The van der Waals surface area contributed by atoms with Crippen molar-refractivity contribution in [1.29, 1.82) is 0 Å². The van der Waals surface area contributed by atoms with Gasteiger partial charge >= 0.3 is 0 Å². The number of carbonyl (C=O) groups is 1. The Labute approximate surface area is 151 Å². The Morgan fingerprint density at radius 1 is 1.35 bits per heavy atom. The maximum atomic E-state index is 12.3. The maximum absolute atomic E-state index is 12.3. The zero-order valence-electron chi connectivity index (χ0n) is 15.5. The number of rotatable bonds is 6. The lowest BCUT2D eigenvalue weighted by molar-refractivity contribution is -0.121. The summed E-state index contributed by atoms with van der Waals surface area (Å²) in [6, 6.07) is 2.91. The SMILES string of the molecule is CCn1cc(CCC(=O)N[C@@H](C)c2cc(=O)n3[nH]c(C)cc3n2)c(C)n1. The second-order valence-corrected chi connectivity index (χ2v) is 6.54. The average molecular weight is 356 g/mol. The van der Waals surface area contributed by atoms with E-state index in [4.69, 9.17) is 0 Å². The number of carbonyl (C=O) groups excluding carboxylic acids is 1. The van der Waals surface area contributed by atoms with Crippen molar-refractivity contribution in [3.63, 3.8) is 0 Å². The van der Waals surface area contributed by atoms with Crippen LogP contribution in [0, 0.1) is 13.8 Å². The first-order chi connectivity index (χ1) is 12.4. The van der Waals surface area contributed by atoms with E-state index in [1.54, 1.807) is 6.07 Å². The molecule has 3 rings (SSSR count). The molecular formula is C18H24N6O2. The normalized spacial score (nSPS) is 12.5.